The summed E-state index contributed by atoms with van der Waals surface area (Å²) in [6.07, 6.45) is 0. The molecular formula is C17H12BrN3O5. The quantitative estimate of drug-likeness (QED) is 0.467. The Kier molecular flexibility index (Phi) is 4.56. The fourth-order valence-electron chi connectivity index (χ4n) is 2.69. The smallest absolute Gasteiger partial charge is 0.282 e. The number of amides is 3. The van der Waals surface area contributed by atoms with E-state index in [0.29, 0.717) is 5.69 Å². The lowest BCUT2D eigenvalue weighted by Gasteiger charge is -2.21. The molecule has 2 aromatic rings. The zero-order chi connectivity index (χ0) is 19.0. The fourth-order valence-corrected chi connectivity index (χ4v) is 2.95. The second-order valence-corrected chi connectivity index (χ2v) is 6.52. The van der Waals surface area contributed by atoms with Crippen LogP contribution in [0.1, 0.15) is 27.6 Å². The lowest BCUT2D eigenvalue weighted by molar-refractivity contribution is -0.385. The Bertz CT molecular complexity index is 942. The number of carbonyl (C=O) groups excluding carboxylic acids is 3. The van der Waals surface area contributed by atoms with E-state index in [2.05, 4.69) is 21.2 Å². The highest BCUT2D eigenvalue weighted by molar-refractivity contribution is 9.10. The van der Waals surface area contributed by atoms with Crippen LogP contribution in [0.4, 0.5) is 11.4 Å². The standard InChI is InChI=1S/C17H12BrN3O5/c1-9(15(22)19-11-7-5-10(18)6-8-11)20-16(23)12-3-2-4-13(21(25)26)14(12)17(20)24/h2-9H,1H3,(H,19,22). The number of benzene rings is 2. The molecule has 0 bridgehead atoms. The van der Waals surface area contributed by atoms with Gasteiger partial charge in [-0.25, -0.2) is 0 Å². The van der Waals surface area contributed by atoms with Crippen LogP contribution in [0.3, 0.4) is 0 Å². The topological polar surface area (TPSA) is 110 Å². The van der Waals surface area contributed by atoms with Gasteiger partial charge in [0.05, 0.1) is 10.5 Å². The minimum absolute atomic E-state index is 0.0764. The van der Waals surface area contributed by atoms with Crippen molar-refractivity contribution in [3.05, 3.63) is 68.2 Å². The van der Waals surface area contributed by atoms with Gasteiger partial charge in [-0.3, -0.25) is 29.4 Å². The van der Waals surface area contributed by atoms with Crippen LogP contribution in [0.5, 0.6) is 0 Å². The highest BCUT2D eigenvalue weighted by Gasteiger charge is 2.44. The average Bonchev–Trinajstić information content (AvgIpc) is 2.87. The third-order valence-corrected chi connectivity index (χ3v) is 4.53. The molecule has 132 valence electrons. The van der Waals surface area contributed by atoms with E-state index >= 15 is 0 Å². The van der Waals surface area contributed by atoms with Gasteiger partial charge in [-0.1, -0.05) is 22.0 Å². The molecule has 0 aromatic heterocycles. The molecule has 0 saturated carbocycles. The molecule has 1 N–H and O–H groups in total. The Morgan fingerprint density at radius 2 is 1.81 bits per heavy atom. The first-order chi connectivity index (χ1) is 12.3. The van der Waals surface area contributed by atoms with Crippen molar-refractivity contribution >= 4 is 45.0 Å². The van der Waals surface area contributed by atoms with Gasteiger partial charge >= 0.3 is 0 Å². The van der Waals surface area contributed by atoms with Crippen LogP contribution in [0.15, 0.2) is 46.9 Å². The molecule has 2 aromatic carbocycles. The molecule has 1 aliphatic heterocycles. The van der Waals surface area contributed by atoms with Gasteiger partial charge in [0.1, 0.15) is 11.6 Å². The van der Waals surface area contributed by atoms with Crippen LogP contribution < -0.4 is 5.32 Å². The predicted octanol–water partition coefficient (Wildman–Crippen LogP) is 2.98. The second-order valence-electron chi connectivity index (χ2n) is 5.61. The van der Waals surface area contributed by atoms with E-state index in [0.717, 1.165) is 15.4 Å². The molecule has 3 rings (SSSR count). The second kappa shape index (κ2) is 6.68. The van der Waals surface area contributed by atoms with Crippen molar-refractivity contribution in [1.82, 2.24) is 4.90 Å². The van der Waals surface area contributed by atoms with Crippen LogP contribution in [-0.4, -0.2) is 33.6 Å². The fraction of sp³-hybridized carbons (Fsp3) is 0.118. The number of rotatable bonds is 4. The maximum Gasteiger partial charge on any atom is 0.282 e. The molecule has 1 aliphatic rings. The van der Waals surface area contributed by atoms with Gasteiger partial charge in [-0.05, 0) is 37.3 Å². The molecule has 26 heavy (non-hydrogen) atoms. The summed E-state index contributed by atoms with van der Waals surface area (Å²) in [6, 6.07) is 9.45. The molecule has 1 unspecified atom stereocenters. The minimum Gasteiger partial charge on any atom is -0.324 e. The number of fused-ring (bicyclic) bond motifs is 1. The molecule has 0 spiro atoms. The zero-order valence-corrected chi connectivity index (χ0v) is 15.0. The molecular weight excluding hydrogens is 406 g/mol. The largest absolute Gasteiger partial charge is 0.324 e. The number of imide groups is 1. The third kappa shape index (κ3) is 2.97. The maximum absolute atomic E-state index is 12.6. The molecule has 0 saturated heterocycles. The Morgan fingerprint density at radius 3 is 2.42 bits per heavy atom. The minimum atomic E-state index is -1.13. The SMILES string of the molecule is CC(C(=O)Nc1ccc(Br)cc1)N1C(=O)c2cccc([N+](=O)[O-])c2C1=O. The van der Waals surface area contributed by atoms with E-state index in [1.807, 2.05) is 0 Å². The van der Waals surface area contributed by atoms with Crippen molar-refractivity contribution in [2.24, 2.45) is 0 Å². The number of hydrogen-bond acceptors (Lipinski definition) is 5. The molecule has 8 nitrogen and oxygen atoms in total. The maximum atomic E-state index is 12.6. The van der Waals surface area contributed by atoms with Crippen molar-refractivity contribution in [3.8, 4) is 0 Å². The van der Waals surface area contributed by atoms with E-state index in [4.69, 9.17) is 0 Å². The molecule has 1 heterocycles. The van der Waals surface area contributed by atoms with Gasteiger partial charge in [0.2, 0.25) is 5.91 Å². The van der Waals surface area contributed by atoms with Gasteiger partial charge in [0, 0.05) is 16.2 Å². The summed E-state index contributed by atoms with van der Waals surface area (Å²) in [6.45, 7) is 1.39. The van der Waals surface area contributed by atoms with Crippen LogP contribution in [0, 0.1) is 10.1 Å². The first-order valence-corrected chi connectivity index (χ1v) is 8.32. The lowest BCUT2D eigenvalue weighted by Crippen LogP contribution is -2.45. The number of nitrogens with zero attached hydrogens (tertiary/aromatic N) is 2. The first-order valence-electron chi connectivity index (χ1n) is 7.53. The van der Waals surface area contributed by atoms with Crippen molar-refractivity contribution in [3.63, 3.8) is 0 Å². The number of hydrogen-bond donors (Lipinski definition) is 1. The lowest BCUT2D eigenvalue weighted by atomic mass is 10.1. The molecule has 0 fully saturated rings. The Balaban J connectivity index is 1.87. The predicted molar refractivity (Wildman–Crippen MR) is 95.8 cm³/mol. The third-order valence-electron chi connectivity index (χ3n) is 4.00. The average molecular weight is 418 g/mol. The number of nitrogens with one attached hydrogen (secondary N) is 1. The van der Waals surface area contributed by atoms with E-state index in [9.17, 15) is 24.5 Å². The summed E-state index contributed by atoms with van der Waals surface area (Å²) < 4.78 is 0.830. The molecule has 0 radical (unpaired) electrons. The van der Waals surface area contributed by atoms with Crippen molar-refractivity contribution in [2.75, 3.05) is 5.32 Å². The number of nitro groups is 1. The number of anilines is 1. The van der Waals surface area contributed by atoms with Crippen molar-refractivity contribution in [2.45, 2.75) is 13.0 Å². The summed E-state index contributed by atoms with van der Waals surface area (Å²) >= 11 is 3.28. The van der Waals surface area contributed by atoms with Gasteiger partial charge < -0.3 is 5.32 Å². The Labute approximate surface area is 156 Å². The molecule has 9 heteroatoms. The van der Waals surface area contributed by atoms with E-state index in [-0.39, 0.29) is 11.1 Å². The highest BCUT2D eigenvalue weighted by Crippen LogP contribution is 2.32. The van der Waals surface area contributed by atoms with E-state index in [1.54, 1.807) is 24.3 Å². The number of halogens is 1. The van der Waals surface area contributed by atoms with Gasteiger partial charge in [0.25, 0.3) is 17.5 Å². The number of carbonyl (C=O) groups is 3. The zero-order valence-electron chi connectivity index (χ0n) is 13.4. The monoisotopic (exact) mass is 417 g/mol. The van der Waals surface area contributed by atoms with E-state index < -0.39 is 34.4 Å². The molecule has 1 atom stereocenters. The first kappa shape index (κ1) is 17.7. The molecule has 0 aliphatic carbocycles. The Morgan fingerprint density at radius 1 is 1.15 bits per heavy atom. The van der Waals surface area contributed by atoms with Crippen LogP contribution in [0.2, 0.25) is 0 Å². The van der Waals surface area contributed by atoms with Crippen LogP contribution >= 0.6 is 15.9 Å². The number of nitro benzene ring substituents is 1. The molecule has 3 amide bonds. The summed E-state index contributed by atoms with van der Waals surface area (Å²) in [7, 11) is 0. The van der Waals surface area contributed by atoms with Gasteiger partial charge in [0.15, 0.2) is 0 Å². The summed E-state index contributed by atoms with van der Waals surface area (Å²) in [4.78, 5) is 48.7. The summed E-state index contributed by atoms with van der Waals surface area (Å²) in [5.74, 6) is -2.16. The van der Waals surface area contributed by atoms with Crippen LogP contribution in [-0.2, 0) is 4.79 Å². The van der Waals surface area contributed by atoms with E-state index in [1.165, 1.54) is 19.1 Å². The van der Waals surface area contributed by atoms with Gasteiger partial charge in [-0.2, -0.15) is 0 Å². The summed E-state index contributed by atoms with van der Waals surface area (Å²) in [5, 5.41) is 13.7. The van der Waals surface area contributed by atoms with Gasteiger partial charge in [-0.15, -0.1) is 0 Å². The normalized spacial score (nSPS) is 14.2. The van der Waals surface area contributed by atoms with Crippen molar-refractivity contribution < 1.29 is 19.3 Å². The Hall–Kier alpha value is -3.07. The summed E-state index contributed by atoms with van der Waals surface area (Å²) in [5.41, 5.74) is -0.324. The highest BCUT2D eigenvalue weighted by atomic mass is 79.9. The van der Waals surface area contributed by atoms with Crippen LogP contribution in [0.25, 0.3) is 0 Å². The van der Waals surface area contributed by atoms with Crippen molar-refractivity contribution in [1.29, 1.82) is 0 Å².